The van der Waals surface area contributed by atoms with Crippen LogP contribution in [0.15, 0.2) is 18.6 Å². The van der Waals surface area contributed by atoms with Gasteiger partial charge in [-0.05, 0) is 30.6 Å². The molecule has 2 rings (SSSR count). The van der Waals surface area contributed by atoms with Gasteiger partial charge < -0.3 is 10.2 Å². The predicted molar refractivity (Wildman–Crippen MR) is 82.9 cm³/mol. The SMILES string of the molecule is CN(CCc1cnccn1)C(=O)NCCC(C)(C)C1CC1. The highest BCUT2D eigenvalue weighted by molar-refractivity contribution is 5.73. The van der Waals surface area contributed by atoms with Gasteiger partial charge in [0, 0.05) is 45.1 Å². The highest BCUT2D eigenvalue weighted by Gasteiger charge is 2.37. The lowest BCUT2D eigenvalue weighted by molar-refractivity contribution is 0.205. The van der Waals surface area contributed by atoms with Crippen LogP contribution < -0.4 is 5.32 Å². The molecular formula is C16H26N4O. The van der Waals surface area contributed by atoms with E-state index in [1.54, 1.807) is 23.5 Å². The molecule has 1 aliphatic carbocycles. The minimum atomic E-state index is -0.00881. The minimum Gasteiger partial charge on any atom is -0.338 e. The van der Waals surface area contributed by atoms with Gasteiger partial charge in [-0.2, -0.15) is 0 Å². The minimum absolute atomic E-state index is 0.00881. The molecule has 0 bridgehead atoms. The predicted octanol–water partition coefficient (Wildman–Crippen LogP) is 2.49. The van der Waals surface area contributed by atoms with E-state index in [9.17, 15) is 4.79 Å². The lowest BCUT2D eigenvalue weighted by Gasteiger charge is -2.25. The average molecular weight is 290 g/mol. The number of hydrogen-bond acceptors (Lipinski definition) is 3. The maximum absolute atomic E-state index is 12.0. The quantitative estimate of drug-likeness (QED) is 0.839. The van der Waals surface area contributed by atoms with Crippen LogP contribution in [-0.2, 0) is 6.42 Å². The number of carbonyl (C=O) groups is 1. The Morgan fingerprint density at radius 2 is 2.19 bits per heavy atom. The Kier molecular flexibility index (Phi) is 5.15. The van der Waals surface area contributed by atoms with E-state index in [1.165, 1.54) is 12.8 Å². The Labute approximate surface area is 127 Å². The second-order valence-corrected chi connectivity index (χ2v) is 6.61. The van der Waals surface area contributed by atoms with E-state index in [0.717, 1.165) is 31.0 Å². The average Bonchev–Trinajstić information content (AvgIpc) is 3.30. The first-order valence-electron chi connectivity index (χ1n) is 7.73. The normalized spacial score (nSPS) is 14.8. The van der Waals surface area contributed by atoms with E-state index in [0.29, 0.717) is 12.0 Å². The monoisotopic (exact) mass is 290 g/mol. The van der Waals surface area contributed by atoms with Gasteiger partial charge in [0.15, 0.2) is 0 Å². The molecule has 1 saturated carbocycles. The summed E-state index contributed by atoms with van der Waals surface area (Å²) in [5.41, 5.74) is 1.26. The molecule has 0 aliphatic heterocycles. The van der Waals surface area contributed by atoms with Crippen LogP contribution in [0.5, 0.6) is 0 Å². The maximum Gasteiger partial charge on any atom is 0.317 e. The molecule has 1 aromatic rings. The third kappa shape index (κ3) is 4.99. The summed E-state index contributed by atoms with van der Waals surface area (Å²) in [6.07, 6.45) is 9.53. The van der Waals surface area contributed by atoms with Crippen LogP contribution in [0.3, 0.4) is 0 Å². The molecule has 0 unspecified atom stereocenters. The molecule has 0 radical (unpaired) electrons. The van der Waals surface area contributed by atoms with Crippen molar-refractivity contribution < 1.29 is 4.79 Å². The fourth-order valence-corrected chi connectivity index (χ4v) is 2.54. The Morgan fingerprint density at radius 1 is 1.43 bits per heavy atom. The first-order valence-corrected chi connectivity index (χ1v) is 7.73. The third-order valence-corrected chi connectivity index (χ3v) is 4.39. The number of nitrogens with zero attached hydrogens (tertiary/aromatic N) is 3. The van der Waals surface area contributed by atoms with Gasteiger partial charge in [-0.1, -0.05) is 13.8 Å². The molecule has 5 nitrogen and oxygen atoms in total. The van der Waals surface area contributed by atoms with Gasteiger partial charge in [0.2, 0.25) is 0 Å². The first-order chi connectivity index (χ1) is 9.99. The number of nitrogens with one attached hydrogen (secondary N) is 1. The Bertz CT molecular complexity index is 457. The van der Waals surface area contributed by atoms with E-state index in [1.807, 2.05) is 7.05 Å². The zero-order valence-corrected chi connectivity index (χ0v) is 13.3. The van der Waals surface area contributed by atoms with Crippen molar-refractivity contribution in [3.63, 3.8) is 0 Å². The molecule has 1 N–H and O–H groups in total. The van der Waals surface area contributed by atoms with Gasteiger partial charge in [-0.15, -0.1) is 0 Å². The van der Waals surface area contributed by atoms with Crippen molar-refractivity contribution in [3.05, 3.63) is 24.3 Å². The second-order valence-electron chi connectivity index (χ2n) is 6.61. The summed E-state index contributed by atoms with van der Waals surface area (Å²) >= 11 is 0. The van der Waals surface area contributed by atoms with Crippen molar-refractivity contribution in [1.29, 1.82) is 0 Å². The van der Waals surface area contributed by atoms with Gasteiger partial charge >= 0.3 is 6.03 Å². The maximum atomic E-state index is 12.0. The van der Waals surface area contributed by atoms with Crippen LogP contribution in [0, 0.1) is 11.3 Å². The lowest BCUT2D eigenvalue weighted by atomic mass is 9.84. The Hall–Kier alpha value is -1.65. The van der Waals surface area contributed by atoms with E-state index >= 15 is 0 Å². The zero-order valence-electron chi connectivity index (χ0n) is 13.3. The Balaban J connectivity index is 1.65. The molecule has 1 heterocycles. The number of likely N-dealkylation sites (N-methyl/N-ethyl adjacent to an activating group) is 1. The van der Waals surface area contributed by atoms with Gasteiger partial charge in [-0.3, -0.25) is 9.97 Å². The van der Waals surface area contributed by atoms with Gasteiger partial charge in [-0.25, -0.2) is 4.79 Å². The fourth-order valence-electron chi connectivity index (χ4n) is 2.54. The first kappa shape index (κ1) is 15.7. The van der Waals surface area contributed by atoms with Crippen LogP contribution in [0.25, 0.3) is 0 Å². The standard InChI is InChI=1S/C16H26N4O/c1-16(2,13-4-5-13)7-8-19-15(21)20(3)11-6-14-12-17-9-10-18-14/h9-10,12-13H,4-8,11H2,1-3H3,(H,19,21). The molecular weight excluding hydrogens is 264 g/mol. The zero-order chi connectivity index (χ0) is 15.3. The van der Waals surface area contributed by atoms with E-state index in [-0.39, 0.29) is 6.03 Å². The Morgan fingerprint density at radius 3 is 2.81 bits per heavy atom. The number of aromatic nitrogens is 2. The summed E-state index contributed by atoms with van der Waals surface area (Å²) in [5.74, 6) is 0.851. The van der Waals surface area contributed by atoms with Gasteiger partial charge in [0.05, 0.1) is 5.69 Å². The van der Waals surface area contributed by atoms with Crippen molar-refractivity contribution in [2.24, 2.45) is 11.3 Å². The number of hydrogen-bond donors (Lipinski definition) is 1. The molecule has 1 fully saturated rings. The molecule has 5 heteroatoms. The molecule has 1 aromatic heterocycles. The van der Waals surface area contributed by atoms with E-state index < -0.39 is 0 Å². The summed E-state index contributed by atoms with van der Waals surface area (Å²) in [7, 11) is 1.82. The number of rotatable bonds is 7. The molecule has 21 heavy (non-hydrogen) atoms. The number of carbonyl (C=O) groups excluding carboxylic acids is 1. The summed E-state index contributed by atoms with van der Waals surface area (Å²) in [5, 5.41) is 3.01. The van der Waals surface area contributed by atoms with Crippen molar-refractivity contribution in [2.45, 2.75) is 39.5 Å². The van der Waals surface area contributed by atoms with Crippen molar-refractivity contribution >= 4 is 6.03 Å². The smallest absolute Gasteiger partial charge is 0.317 e. The third-order valence-electron chi connectivity index (χ3n) is 4.39. The lowest BCUT2D eigenvalue weighted by Crippen LogP contribution is -2.39. The summed E-state index contributed by atoms with van der Waals surface area (Å²) in [6, 6.07) is -0.00881. The van der Waals surface area contributed by atoms with Crippen LogP contribution in [0.2, 0.25) is 0 Å². The molecule has 1 aliphatic rings. The molecule has 0 aromatic carbocycles. The highest BCUT2D eigenvalue weighted by Crippen LogP contribution is 2.46. The topological polar surface area (TPSA) is 58.1 Å². The summed E-state index contributed by atoms with van der Waals surface area (Å²) < 4.78 is 0. The number of urea groups is 1. The second kappa shape index (κ2) is 6.87. The van der Waals surface area contributed by atoms with Crippen molar-refractivity contribution in [2.75, 3.05) is 20.1 Å². The van der Waals surface area contributed by atoms with Gasteiger partial charge in [0.1, 0.15) is 0 Å². The largest absolute Gasteiger partial charge is 0.338 e. The van der Waals surface area contributed by atoms with E-state index in [2.05, 4.69) is 29.1 Å². The van der Waals surface area contributed by atoms with E-state index in [4.69, 9.17) is 0 Å². The molecule has 116 valence electrons. The van der Waals surface area contributed by atoms with Crippen LogP contribution in [-0.4, -0.2) is 41.0 Å². The molecule has 0 saturated heterocycles. The number of amides is 2. The van der Waals surface area contributed by atoms with Gasteiger partial charge in [0.25, 0.3) is 0 Å². The van der Waals surface area contributed by atoms with Crippen LogP contribution in [0.1, 0.15) is 38.8 Å². The fraction of sp³-hybridized carbons (Fsp3) is 0.688. The van der Waals surface area contributed by atoms with Crippen LogP contribution in [0.4, 0.5) is 4.79 Å². The summed E-state index contributed by atoms with van der Waals surface area (Å²) in [4.78, 5) is 22.0. The molecule has 0 spiro atoms. The van der Waals surface area contributed by atoms with Crippen molar-refractivity contribution in [3.8, 4) is 0 Å². The molecule has 2 amide bonds. The summed E-state index contributed by atoms with van der Waals surface area (Å²) in [6.45, 7) is 6.00. The van der Waals surface area contributed by atoms with Crippen LogP contribution >= 0.6 is 0 Å². The molecule has 0 atom stereocenters. The van der Waals surface area contributed by atoms with Crippen molar-refractivity contribution in [1.82, 2.24) is 20.2 Å². The highest BCUT2D eigenvalue weighted by atomic mass is 16.2.